The van der Waals surface area contributed by atoms with Crippen molar-refractivity contribution in [1.29, 1.82) is 0 Å². The zero-order valence-electron chi connectivity index (χ0n) is 9.52. The molecule has 0 radical (unpaired) electrons. The number of nitrogens with two attached hydrogens (primary N) is 1. The van der Waals surface area contributed by atoms with E-state index in [2.05, 4.69) is 4.90 Å². The summed E-state index contributed by atoms with van der Waals surface area (Å²) in [4.78, 5) is 2.16. The number of nitrogen functional groups attached to an aromatic ring is 1. The van der Waals surface area contributed by atoms with Gasteiger partial charge in [-0.15, -0.1) is 0 Å². The highest BCUT2D eigenvalue weighted by atomic mass is 16.5. The van der Waals surface area contributed by atoms with Crippen LogP contribution in [0.2, 0.25) is 0 Å². The lowest BCUT2D eigenvalue weighted by atomic mass is 10.2. The Morgan fingerprint density at radius 1 is 1.50 bits per heavy atom. The number of rotatable bonds is 5. The maximum atomic E-state index is 9.08. The van der Waals surface area contributed by atoms with Crippen LogP contribution in [0, 0.1) is 0 Å². The van der Waals surface area contributed by atoms with Crippen molar-refractivity contribution >= 4 is 11.4 Å². The van der Waals surface area contributed by atoms with Gasteiger partial charge in [-0.2, -0.15) is 0 Å². The van der Waals surface area contributed by atoms with Gasteiger partial charge in [0, 0.05) is 12.6 Å². The molecular formula is C12H18N2O2. The van der Waals surface area contributed by atoms with Gasteiger partial charge >= 0.3 is 0 Å². The van der Waals surface area contributed by atoms with Crippen molar-refractivity contribution in [3.05, 3.63) is 18.2 Å². The number of anilines is 2. The van der Waals surface area contributed by atoms with Crippen LogP contribution >= 0.6 is 0 Å². The molecule has 0 unspecified atom stereocenters. The van der Waals surface area contributed by atoms with Crippen LogP contribution in [0.1, 0.15) is 12.8 Å². The molecule has 0 heterocycles. The Hall–Kier alpha value is -1.42. The molecule has 1 aromatic rings. The van der Waals surface area contributed by atoms with Gasteiger partial charge < -0.3 is 20.5 Å². The summed E-state index contributed by atoms with van der Waals surface area (Å²) in [5.41, 5.74) is 7.67. The predicted molar refractivity (Wildman–Crippen MR) is 64.9 cm³/mol. The summed E-state index contributed by atoms with van der Waals surface area (Å²) in [6.45, 7) is 0.773. The first-order chi connectivity index (χ1) is 7.77. The molecule has 0 amide bonds. The monoisotopic (exact) mass is 222 g/mol. The molecule has 0 aromatic heterocycles. The summed E-state index contributed by atoms with van der Waals surface area (Å²) < 4.78 is 5.20. The quantitative estimate of drug-likeness (QED) is 0.736. The Labute approximate surface area is 95.6 Å². The second-order valence-electron chi connectivity index (χ2n) is 4.04. The summed E-state index contributed by atoms with van der Waals surface area (Å²) in [5, 5.41) is 9.08. The number of methoxy groups -OCH3 is 1. The second kappa shape index (κ2) is 4.61. The third kappa shape index (κ3) is 2.07. The Morgan fingerprint density at radius 3 is 2.81 bits per heavy atom. The molecule has 4 heteroatoms. The van der Waals surface area contributed by atoms with Gasteiger partial charge in [-0.3, -0.25) is 0 Å². The summed E-state index contributed by atoms with van der Waals surface area (Å²) >= 11 is 0. The molecule has 3 N–H and O–H groups in total. The molecule has 1 aromatic carbocycles. The van der Waals surface area contributed by atoms with Gasteiger partial charge in [0.05, 0.1) is 25.1 Å². The minimum Gasteiger partial charge on any atom is -0.495 e. The van der Waals surface area contributed by atoms with Crippen molar-refractivity contribution in [2.24, 2.45) is 0 Å². The largest absolute Gasteiger partial charge is 0.495 e. The minimum absolute atomic E-state index is 0.146. The number of nitrogens with zero attached hydrogens (tertiary/aromatic N) is 1. The molecule has 0 saturated heterocycles. The van der Waals surface area contributed by atoms with Crippen LogP contribution in [0.4, 0.5) is 11.4 Å². The van der Waals surface area contributed by atoms with E-state index in [0.29, 0.717) is 24.0 Å². The number of hydrogen-bond donors (Lipinski definition) is 2. The van der Waals surface area contributed by atoms with Crippen LogP contribution in [-0.4, -0.2) is 31.4 Å². The van der Waals surface area contributed by atoms with E-state index in [1.807, 2.05) is 18.2 Å². The maximum absolute atomic E-state index is 9.08. The van der Waals surface area contributed by atoms with E-state index >= 15 is 0 Å². The molecule has 0 atom stereocenters. The fourth-order valence-corrected chi connectivity index (χ4v) is 1.95. The van der Waals surface area contributed by atoms with Crippen LogP contribution in [0.5, 0.6) is 5.75 Å². The molecule has 88 valence electrons. The molecule has 1 saturated carbocycles. The predicted octanol–water partition coefficient (Wildman–Crippen LogP) is 1.24. The Bertz CT molecular complexity index is 364. The van der Waals surface area contributed by atoms with Gasteiger partial charge in [0.2, 0.25) is 0 Å². The van der Waals surface area contributed by atoms with Crippen LogP contribution in [0.25, 0.3) is 0 Å². The first-order valence-corrected chi connectivity index (χ1v) is 5.58. The van der Waals surface area contributed by atoms with E-state index in [9.17, 15) is 0 Å². The van der Waals surface area contributed by atoms with Gasteiger partial charge in [0.15, 0.2) is 0 Å². The van der Waals surface area contributed by atoms with Gasteiger partial charge in [0.25, 0.3) is 0 Å². The topological polar surface area (TPSA) is 58.7 Å². The number of aliphatic hydroxyl groups is 1. The molecule has 1 aliphatic rings. The van der Waals surface area contributed by atoms with E-state index in [1.165, 1.54) is 12.8 Å². The smallest absolute Gasteiger partial charge is 0.143 e. The van der Waals surface area contributed by atoms with Crippen molar-refractivity contribution < 1.29 is 9.84 Å². The molecule has 1 fully saturated rings. The first-order valence-electron chi connectivity index (χ1n) is 5.58. The van der Waals surface area contributed by atoms with E-state index in [1.54, 1.807) is 7.11 Å². The van der Waals surface area contributed by atoms with Gasteiger partial charge in [0.1, 0.15) is 5.75 Å². The standard InChI is InChI=1S/C12H18N2O2/c1-16-11-4-2-3-10(12(11)13)14(7-8-15)9-5-6-9/h2-4,9,15H,5-8,13H2,1H3. The molecule has 0 bridgehead atoms. The molecule has 16 heavy (non-hydrogen) atoms. The van der Waals surface area contributed by atoms with Crippen molar-refractivity contribution in [2.75, 3.05) is 30.9 Å². The average molecular weight is 222 g/mol. The van der Waals surface area contributed by atoms with Crippen molar-refractivity contribution in [2.45, 2.75) is 18.9 Å². The van der Waals surface area contributed by atoms with Gasteiger partial charge in [-0.1, -0.05) is 6.07 Å². The minimum atomic E-state index is 0.146. The van der Waals surface area contributed by atoms with Crippen LogP contribution < -0.4 is 15.4 Å². The number of ether oxygens (including phenoxy) is 1. The first kappa shape index (κ1) is 11.1. The molecule has 0 aliphatic heterocycles. The summed E-state index contributed by atoms with van der Waals surface area (Å²) in [6.07, 6.45) is 2.35. The number of aliphatic hydroxyl groups excluding tert-OH is 1. The normalized spacial score (nSPS) is 14.9. The molecule has 1 aliphatic carbocycles. The van der Waals surface area contributed by atoms with Crippen molar-refractivity contribution in [3.8, 4) is 5.75 Å². The Kier molecular flexibility index (Phi) is 3.19. The van der Waals surface area contributed by atoms with E-state index in [0.717, 1.165) is 5.69 Å². The molecular weight excluding hydrogens is 204 g/mol. The second-order valence-corrected chi connectivity index (χ2v) is 4.04. The van der Waals surface area contributed by atoms with Crippen molar-refractivity contribution in [1.82, 2.24) is 0 Å². The van der Waals surface area contributed by atoms with Crippen molar-refractivity contribution in [3.63, 3.8) is 0 Å². The van der Waals surface area contributed by atoms with Gasteiger partial charge in [-0.25, -0.2) is 0 Å². The van der Waals surface area contributed by atoms with Crippen LogP contribution in [-0.2, 0) is 0 Å². The lowest BCUT2D eigenvalue weighted by molar-refractivity contribution is 0.301. The zero-order chi connectivity index (χ0) is 11.5. The third-order valence-corrected chi connectivity index (χ3v) is 2.90. The lowest BCUT2D eigenvalue weighted by Crippen LogP contribution is -2.29. The number of hydrogen-bond acceptors (Lipinski definition) is 4. The lowest BCUT2D eigenvalue weighted by Gasteiger charge is -2.25. The van der Waals surface area contributed by atoms with E-state index < -0.39 is 0 Å². The summed E-state index contributed by atoms with van der Waals surface area (Å²) in [6, 6.07) is 6.29. The van der Waals surface area contributed by atoms with Crippen LogP contribution in [0.15, 0.2) is 18.2 Å². The summed E-state index contributed by atoms with van der Waals surface area (Å²) in [7, 11) is 1.61. The molecule has 0 spiro atoms. The maximum Gasteiger partial charge on any atom is 0.143 e. The fourth-order valence-electron chi connectivity index (χ4n) is 1.95. The highest BCUT2D eigenvalue weighted by molar-refractivity contribution is 5.74. The number of benzene rings is 1. The fraction of sp³-hybridized carbons (Fsp3) is 0.500. The Morgan fingerprint density at radius 2 is 2.25 bits per heavy atom. The Balaban J connectivity index is 2.29. The van der Waals surface area contributed by atoms with E-state index in [4.69, 9.17) is 15.6 Å². The SMILES string of the molecule is COc1cccc(N(CCO)C2CC2)c1N. The zero-order valence-corrected chi connectivity index (χ0v) is 9.52. The highest BCUT2D eigenvalue weighted by Gasteiger charge is 2.30. The van der Waals surface area contributed by atoms with Gasteiger partial charge in [-0.05, 0) is 25.0 Å². The number of para-hydroxylation sites is 1. The third-order valence-electron chi connectivity index (χ3n) is 2.90. The highest BCUT2D eigenvalue weighted by Crippen LogP contribution is 2.38. The van der Waals surface area contributed by atoms with Crippen LogP contribution in [0.3, 0.4) is 0 Å². The molecule has 4 nitrogen and oxygen atoms in total. The summed E-state index contributed by atoms with van der Waals surface area (Å²) in [5.74, 6) is 0.695. The molecule has 2 rings (SSSR count). The van der Waals surface area contributed by atoms with E-state index in [-0.39, 0.29) is 6.61 Å². The average Bonchev–Trinajstić information content (AvgIpc) is 3.11.